The van der Waals surface area contributed by atoms with Crippen molar-refractivity contribution >= 4 is 6.09 Å². The summed E-state index contributed by atoms with van der Waals surface area (Å²) < 4.78 is 5.37. The van der Waals surface area contributed by atoms with Crippen LogP contribution in [0.5, 0.6) is 0 Å². The molecule has 1 fully saturated rings. The molecular formula is C14H22N4O2. The fourth-order valence-corrected chi connectivity index (χ4v) is 2.09. The zero-order chi connectivity index (χ0) is 14.6. The molecule has 2 rings (SSSR count). The summed E-state index contributed by atoms with van der Waals surface area (Å²) in [5, 5.41) is 3.41. The van der Waals surface area contributed by atoms with Crippen LogP contribution >= 0.6 is 0 Å². The van der Waals surface area contributed by atoms with Gasteiger partial charge in [0, 0.05) is 31.9 Å². The van der Waals surface area contributed by atoms with E-state index < -0.39 is 5.60 Å². The Labute approximate surface area is 119 Å². The lowest BCUT2D eigenvalue weighted by molar-refractivity contribution is 0.0291. The van der Waals surface area contributed by atoms with Crippen LogP contribution < -0.4 is 5.32 Å². The first-order valence-electron chi connectivity index (χ1n) is 6.90. The summed E-state index contributed by atoms with van der Waals surface area (Å²) in [7, 11) is 0. The standard InChI is InChI=1S/C14H22N4O2/c1-14(2,3)20-13(19)18-7-5-12(9-18)16-8-11-4-6-15-10-17-11/h4,6,10,12,16H,5,7-9H2,1-3H3. The number of carbonyl (C=O) groups is 1. The molecule has 6 nitrogen and oxygen atoms in total. The zero-order valence-corrected chi connectivity index (χ0v) is 12.3. The molecule has 1 aliphatic heterocycles. The van der Waals surface area contributed by atoms with Crippen LogP contribution in [0.15, 0.2) is 18.6 Å². The van der Waals surface area contributed by atoms with E-state index in [0.29, 0.717) is 13.1 Å². The molecule has 6 heteroatoms. The van der Waals surface area contributed by atoms with Crippen LogP contribution in [-0.4, -0.2) is 45.7 Å². The highest BCUT2D eigenvalue weighted by atomic mass is 16.6. The van der Waals surface area contributed by atoms with E-state index in [1.54, 1.807) is 17.4 Å². The van der Waals surface area contributed by atoms with E-state index in [-0.39, 0.29) is 12.1 Å². The first kappa shape index (κ1) is 14.7. The highest BCUT2D eigenvalue weighted by molar-refractivity contribution is 5.68. The van der Waals surface area contributed by atoms with Crippen molar-refractivity contribution in [3.05, 3.63) is 24.3 Å². The molecule has 0 saturated carbocycles. The second-order valence-electron chi connectivity index (χ2n) is 5.99. The van der Waals surface area contributed by atoms with Gasteiger partial charge in [-0.3, -0.25) is 0 Å². The van der Waals surface area contributed by atoms with Gasteiger partial charge in [0.1, 0.15) is 11.9 Å². The van der Waals surface area contributed by atoms with Crippen LogP contribution in [-0.2, 0) is 11.3 Å². The van der Waals surface area contributed by atoms with Crippen molar-refractivity contribution in [3.8, 4) is 0 Å². The van der Waals surface area contributed by atoms with Crippen molar-refractivity contribution in [2.45, 2.75) is 45.4 Å². The molecule has 1 aliphatic rings. The van der Waals surface area contributed by atoms with Crippen molar-refractivity contribution in [2.24, 2.45) is 0 Å². The summed E-state index contributed by atoms with van der Waals surface area (Å²) in [6.07, 6.45) is 3.97. The van der Waals surface area contributed by atoms with Gasteiger partial charge < -0.3 is 15.0 Å². The number of likely N-dealkylation sites (tertiary alicyclic amines) is 1. The normalized spacial score (nSPS) is 19.1. The molecule has 2 heterocycles. The fourth-order valence-electron chi connectivity index (χ4n) is 2.09. The maximum atomic E-state index is 11.9. The number of hydrogen-bond acceptors (Lipinski definition) is 5. The lowest BCUT2D eigenvalue weighted by Crippen LogP contribution is -2.38. The number of hydrogen-bond donors (Lipinski definition) is 1. The van der Waals surface area contributed by atoms with E-state index >= 15 is 0 Å². The molecule has 1 atom stereocenters. The Morgan fingerprint density at radius 2 is 2.35 bits per heavy atom. The van der Waals surface area contributed by atoms with Crippen molar-refractivity contribution in [2.75, 3.05) is 13.1 Å². The maximum absolute atomic E-state index is 11.9. The average Bonchev–Trinajstić information content (AvgIpc) is 2.84. The largest absolute Gasteiger partial charge is 0.444 e. The summed E-state index contributed by atoms with van der Waals surface area (Å²) in [5.41, 5.74) is 0.513. The lowest BCUT2D eigenvalue weighted by atomic mass is 10.2. The lowest BCUT2D eigenvalue weighted by Gasteiger charge is -2.24. The second-order valence-corrected chi connectivity index (χ2v) is 5.99. The quantitative estimate of drug-likeness (QED) is 0.909. The van der Waals surface area contributed by atoms with Gasteiger partial charge in [0.15, 0.2) is 0 Å². The van der Waals surface area contributed by atoms with Gasteiger partial charge in [-0.05, 0) is 33.3 Å². The summed E-state index contributed by atoms with van der Waals surface area (Å²) in [5.74, 6) is 0. The molecule has 1 unspecified atom stereocenters. The highest BCUT2D eigenvalue weighted by Gasteiger charge is 2.29. The molecule has 1 N–H and O–H groups in total. The molecule has 0 radical (unpaired) electrons. The van der Waals surface area contributed by atoms with Crippen molar-refractivity contribution in [1.29, 1.82) is 0 Å². The monoisotopic (exact) mass is 278 g/mol. The van der Waals surface area contributed by atoms with Gasteiger partial charge in [-0.15, -0.1) is 0 Å². The summed E-state index contributed by atoms with van der Waals surface area (Å²) in [6.45, 7) is 7.75. The minimum absolute atomic E-state index is 0.233. The molecule has 0 bridgehead atoms. The number of ether oxygens (including phenoxy) is 1. The highest BCUT2D eigenvalue weighted by Crippen LogP contribution is 2.15. The SMILES string of the molecule is CC(C)(C)OC(=O)N1CCC(NCc2ccncn2)C1. The van der Waals surface area contributed by atoms with Crippen LogP contribution in [0.4, 0.5) is 4.79 Å². The first-order chi connectivity index (χ1) is 9.44. The van der Waals surface area contributed by atoms with Crippen LogP contribution in [0.25, 0.3) is 0 Å². The molecular weight excluding hydrogens is 256 g/mol. The van der Waals surface area contributed by atoms with Crippen LogP contribution in [0.1, 0.15) is 32.9 Å². The number of carbonyl (C=O) groups excluding carboxylic acids is 1. The smallest absolute Gasteiger partial charge is 0.410 e. The van der Waals surface area contributed by atoms with Gasteiger partial charge >= 0.3 is 6.09 Å². The number of amides is 1. The van der Waals surface area contributed by atoms with Crippen LogP contribution in [0, 0.1) is 0 Å². The van der Waals surface area contributed by atoms with E-state index in [2.05, 4.69) is 15.3 Å². The van der Waals surface area contributed by atoms with E-state index in [9.17, 15) is 4.79 Å². The van der Waals surface area contributed by atoms with Crippen LogP contribution in [0.2, 0.25) is 0 Å². The number of aromatic nitrogens is 2. The Balaban J connectivity index is 1.76. The third kappa shape index (κ3) is 4.45. The summed E-state index contributed by atoms with van der Waals surface area (Å²) >= 11 is 0. The third-order valence-corrected chi connectivity index (χ3v) is 3.06. The number of rotatable bonds is 3. The molecule has 0 aromatic carbocycles. The fraction of sp³-hybridized carbons (Fsp3) is 0.643. The summed E-state index contributed by atoms with van der Waals surface area (Å²) in [4.78, 5) is 21.7. The van der Waals surface area contributed by atoms with Crippen molar-refractivity contribution in [1.82, 2.24) is 20.2 Å². The molecule has 1 saturated heterocycles. The molecule has 1 amide bonds. The van der Waals surface area contributed by atoms with E-state index in [1.165, 1.54) is 0 Å². The van der Waals surface area contributed by atoms with Gasteiger partial charge in [0.2, 0.25) is 0 Å². The second kappa shape index (κ2) is 6.17. The predicted molar refractivity (Wildman–Crippen MR) is 75.1 cm³/mol. The third-order valence-electron chi connectivity index (χ3n) is 3.06. The average molecular weight is 278 g/mol. The van der Waals surface area contributed by atoms with Gasteiger partial charge in [0.05, 0.1) is 5.69 Å². The molecule has 1 aromatic rings. The Kier molecular flexibility index (Phi) is 4.54. The molecule has 0 aliphatic carbocycles. The van der Waals surface area contributed by atoms with E-state index in [0.717, 1.165) is 18.7 Å². The van der Waals surface area contributed by atoms with Crippen molar-refractivity contribution in [3.63, 3.8) is 0 Å². The Hall–Kier alpha value is -1.69. The minimum atomic E-state index is -0.441. The Bertz CT molecular complexity index is 444. The van der Waals surface area contributed by atoms with E-state index in [1.807, 2.05) is 26.8 Å². The van der Waals surface area contributed by atoms with Crippen molar-refractivity contribution < 1.29 is 9.53 Å². The van der Waals surface area contributed by atoms with Gasteiger partial charge in [-0.25, -0.2) is 14.8 Å². The molecule has 0 spiro atoms. The van der Waals surface area contributed by atoms with Gasteiger partial charge in [-0.1, -0.05) is 0 Å². The topological polar surface area (TPSA) is 67.3 Å². The van der Waals surface area contributed by atoms with Crippen LogP contribution in [0.3, 0.4) is 0 Å². The van der Waals surface area contributed by atoms with Gasteiger partial charge in [0.25, 0.3) is 0 Å². The molecule has 20 heavy (non-hydrogen) atoms. The predicted octanol–water partition coefficient (Wildman–Crippen LogP) is 1.58. The molecule has 1 aromatic heterocycles. The first-order valence-corrected chi connectivity index (χ1v) is 6.90. The summed E-state index contributed by atoms with van der Waals surface area (Å²) in [6, 6.07) is 2.17. The minimum Gasteiger partial charge on any atom is -0.444 e. The Morgan fingerprint density at radius 1 is 1.55 bits per heavy atom. The number of nitrogens with zero attached hydrogens (tertiary/aromatic N) is 3. The Morgan fingerprint density at radius 3 is 3.00 bits per heavy atom. The zero-order valence-electron chi connectivity index (χ0n) is 12.3. The molecule has 110 valence electrons. The van der Waals surface area contributed by atoms with E-state index in [4.69, 9.17) is 4.74 Å². The van der Waals surface area contributed by atoms with Gasteiger partial charge in [-0.2, -0.15) is 0 Å². The number of nitrogens with one attached hydrogen (secondary N) is 1. The maximum Gasteiger partial charge on any atom is 0.410 e.